The van der Waals surface area contributed by atoms with Crippen molar-refractivity contribution in [3.05, 3.63) is 54.1 Å². The van der Waals surface area contributed by atoms with Crippen molar-refractivity contribution in [2.75, 3.05) is 17.3 Å². The number of carbonyl (C=O) groups is 1. The lowest BCUT2D eigenvalue weighted by Crippen LogP contribution is -2.14. The Morgan fingerprint density at radius 2 is 1.92 bits per heavy atom. The molecular formula is C18H18N4OS2. The topological polar surface area (TPSA) is 70.7 Å². The molecule has 0 aliphatic carbocycles. The van der Waals surface area contributed by atoms with Gasteiger partial charge in [-0.25, -0.2) is 4.98 Å². The fraction of sp³-hybridized carbons (Fsp3) is 0.167. The van der Waals surface area contributed by atoms with Crippen LogP contribution >= 0.6 is 23.5 Å². The Bertz CT molecular complexity index is 879. The molecule has 25 heavy (non-hydrogen) atoms. The van der Waals surface area contributed by atoms with Crippen LogP contribution in [0.2, 0.25) is 0 Å². The zero-order chi connectivity index (χ0) is 17.6. The highest BCUT2D eigenvalue weighted by molar-refractivity contribution is 7.99. The van der Waals surface area contributed by atoms with Gasteiger partial charge in [0.05, 0.1) is 11.4 Å². The summed E-state index contributed by atoms with van der Waals surface area (Å²) >= 11 is 2.91. The van der Waals surface area contributed by atoms with Gasteiger partial charge in [-0.15, -0.1) is 16.9 Å². The summed E-state index contributed by atoms with van der Waals surface area (Å²) in [5, 5.41) is 10.6. The minimum Gasteiger partial charge on any atom is -0.324 e. The van der Waals surface area contributed by atoms with E-state index in [0.717, 1.165) is 21.7 Å². The molecule has 0 bridgehead atoms. The molecule has 3 aromatic rings. The number of aromatic nitrogens is 3. The highest BCUT2D eigenvalue weighted by Gasteiger charge is 2.11. The third-order valence-electron chi connectivity index (χ3n) is 3.58. The molecule has 0 radical (unpaired) electrons. The Balaban J connectivity index is 1.61. The number of nitrogens with one attached hydrogen (secondary N) is 2. The highest BCUT2D eigenvalue weighted by atomic mass is 32.2. The first-order valence-corrected chi connectivity index (χ1v) is 9.92. The molecule has 2 aromatic carbocycles. The van der Waals surface area contributed by atoms with Crippen LogP contribution in [0.15, 0.2) is 58.6 Å². The number of hydrogen-bond acceptors (Lipinski definition) is 5. The van der Waals surface area contributed by atoms with Gasteiger partial charge in [-0.1, -0.05) is 48.2 Å². The van der Waals surface area contributed by atoms with Crippen molar-refractivity contribution in [2.45, 2.75) is 17.0 Å². The number of amides is 1. The Kier molecular flexibility index (Phi) is 5.78. The second-order valence-corrected chi connectivity index (χ2v) is 7.11. The number of H-pyrrole nitrogens is 1. The van der Waals surface area contributed by atoms with Crippen LogP contribution in [0.25, 0.3) is 11.4 Å². The molecular weight excluding hydrogens is 352 g/mol. The van der Waals surface area contributed by atoms with Crippen molar-refractivity contribution >= 4 is 35.1 Å². The first-order valence-electron chi connectivity index (χ1n) is 7.71. The van der Waals surface area contributed by atoms with E-state index in [2.05, 4.69) is 20.5 Å². The van der Waals surface area contributed by atoms with E-state index in [1.807, 2.05) is 61.7 Å². The SMILES string of the molecule is CSc1ccccc1NC(=O)CSc1n[nH]c(-c2ccccc2C)n1. The number of anilines is 1. The molecule has 2 N–H and O–H groups in total. The minimum absolute atomic E-state index is 0.0752. The van der Waals surface area contributed by atoms with E-state index in [-0.39, 0.29) is 11.7 Å². The van der Waals surface area contributed by atoms with Gasteiger partial charge in [-0.2, -0.15) is 0 Å². The van der Waals surface area contributed by atoms with Crippen molar-refractivity contribution < 1.29 is 4.79 Å². The van der Waals surface area contributed by atoms with Gasteiger partial charge in [-0.3, -0.25) is 9.89 Å². The average Bonchev–Trinajstić information content (AvgIpc) is 3.09. The van der Waals surface area contributed by atoms with Crippen LogP contribution in [0, 0.1) is 6.92 Å². The molecule has 0 saturated heterocycles. The second-order valence-electron chi connectivity index (χ2n) is 5.32. The quantitative estimate of drug-likeness (QED) is 0.635. The third kappa shape index (κ3) is 4.43. The summed E-state index contributed by atoms with van der Waals surface area (Å²) in [6.07, 6.45) is 1.99. The maximum absolute atomic E-state index is 12.2. The van der Waals surface area contributed by atoms with E-state index in [1.165, 1.54) is 11.8 Å². The fourth-order valence-corrected chi connectivity index (χ4v) is 3.49. The Labute approximate surface area is 155 Å². The summed E-state index contributed by atoms with van der Waals surface area (Å²) in [4.78, 5) is 17.7. The van der Waals surface area contributed by atoms with Crippen molar-refractivity contribution in [1.82, 2.24) is 15.2 Å². The molecule has 0 fully saturated rings. The summed E-state index contributed by atoms with van der Waals surface area (Å²) in [7, 11) is 0. The number of nitrogens with zero attached hydrogens (tertiary/aromatic N) is 2. The summed E-state index contributed by atoms with van der Waals surface area (Å²) < 4.78 is 0. The number of aromatic amines is 1. The maximum atomic E-state index is 12.2. The molecule has 1 amide bonds. The molecule has 0 saturated carbocycles. The first kappa shape index (κ1) is 17.6. The van der Waals surface area contributed by atoms with E-state index in [4.69, 9.17) is 0 Å². The molecule has 0 aliphatic rings. The Hall–Kier alpha value is -2.25. The molecule has 0 spiro atoms. The maximum Gasteiger partial charge on any atom is 0.234 e. The van der Waals surface area contributed by atoms with Crippen LogP contribution in [-0.2, 0) is 4.79 Å². The van der Waals surface area contributed by atoms with Crippen LogP contribution in [0.3, 0.4) is 0 Å². The van der Waals surface area contributed by atoms with Crippen LogP contribution < -0.4 is 5.32 Å². The van der Waals surface area contributed by atoms with E-state index < -0.39 is 0 Å². The standard InChI is InChI=1S/C18H18N4OS2/c1-12-7-3-4-8-13(12)17-20-18(22-21-17)25-11-16(23)19-14-9-5-6-10-15(14)24-2/h3-10H,11H2,1-2H3,(H,19,23)(H,20,21,22). The minimum atomic E-state index is -0.0752. The number of para-hydroxylation sites is 1. The highest BCUT2D eigenvalue weighted by Crippen LogP contribution is 2.25. The average molecular weight is 371 g/mol. The molecule has 128 valence electrons. The largest absolute Gasteiger partial charge is 0.324 e. The summed E-state index contributed by atoms with van der Waals surface area (Å²) in [5.41, 5.74) is 2.97. The van der Waals surface area contributed by atoms with Crippen molar-refractivity contribution in [3.8, 4) is 11.4 Å². The molecule has 7 heteroatoms. The van der Waals surface area contributed by atoms with E-state index in [0.29, 0.717) is 11.0 Å². The lowest BCUT2D eigenvalue weighted by atomic mass is 10.1. The molecule has 3 rings (SSSR count). The smallest absolute Gasteiger partial charge is 0.234 e. The summed E-state index contributed by atoms with van der Waals surface area (Å²) in [6, 6.07) is 15.7. The van der Waals surface area contributed by atoms with E-state index in [9.17, 15) is 4.79 Å². The number of rotatable bonds is 6. The molecule has 0 unspecified atom stereocenters. The molecule has 1 aromatic heterocycles. The lowest BCUT2D eigenvalue weighted by molar-refractivity contribution is -0.113. The van der Waals surface area contributed by atoms with Crippen LogP contribution in [-0.4, -0.2) is 33.1 Å². The number of hydrogen-bond donors (Lipinski definition) is 2. The number of thioether (sulfide) groups is 2. The number of benzene rings is 2. The lowest BCUT2D eigenvalue weighted by Gasteiger charge is -2.08. The number of carbonyl (C=O) groups excluding carboxylic acids is 1. The fourth-order valence-electron chi connectivity index (χ4n) is 2.33. The van der Waals surface area contributed by atoms with Crippen LogP contribution in [0.5, 0.6) is 0 Å². The number of aryl methyl sites for hydroxylation is 1. The van der Waals surface area contributed by atoms with Crippen molar-refractivity contribution in [1.29, 1.82) is 0 Å². The second kappa shape index (κ2) is 8.22. The molecule has 0 atom stereocenters. The molecule has 0 aliphatic heterocycles. The van der Waals surface area contributed by atoms with Gasteiger partial charge >= 0.3 is 0 Å². The van der Waals surface area contributed by atoms with Gasteiger partial charge in [0.2, 0.25) is 11.1 Å². The van der Waals surface area contributed by atoms with E-state index in [1.54, 1.807) is 11.8 Å². The zero-order valence-electron chi connectivity index (χ0n) is 13.9. The normalized spacial score (nSPS) is 10.6. The van der Waals surface area contributed by atoms with Gasteiger partial charge < -0.3 is 5.32 Å². The van der Waals surface area contributed by atoms with Crippen molar-refractivity contribution in [2.24, 2.45) is 0 Å². The Morgan fingerprint density at radius 1 is 1.16 bits per heavy atom. The summed E-state index contributed by atoms with van der Waals surface area (Å²) in [5.74, 6) is 0.899. The molecule has 1 heterocycles. The van der Waals surface area contributed by atoms with Crippen molar-refractivity contribution in [3.63, 3.8) is 0 Å². The monoisotopic (exact) mass is 370 g/mol. The predicted octanol–water partition coefficient (Wildman–Crippen LogP) is 4.23. The van der Waals surface area contributed by atoms with Gasteiger partial charge in [0.1, 0.15) is 0 Å². The summed E-state index contributed by atoms with van der Waals surface area (Å²) in [6.45, 7) is 2.03. The molecule has 5 nitrogen and oxygen atoms in total. The third-order valence-corrected chi connectivity index (χ3v) is 5.22. The zero-order valence-corrected chi connectivity index (χ0v) is 15.6. The van der Waals surface area contributed by atoms with Crippen LogP contribution in [0.4, 0.5) is 5.69 Å². The van der Waals surface area contributed by atoms with Gasteiger partial charge in [-0.05, 0) is 30.9 Å². The van der Waals surface area contributed by atoms with E-state index >= 15 is 0 Å². The van der Waals surface area contributed by atoms with Gasteiger partial charge in [0.25, 0.3) is 0 Å². The Morgan fingerprint density at radius 3 is 2.72 bits per heavy atom. The van der Waals surface area contributed by atoms with Gasteiger partial charge in [0, 0.05) is 10.5 Å². The first-order chi connectivity index (χ1) is 12.2. The predicted molar refractivity (Wildman–Crippen MR) is 104 cm³/mol. The van der Waals surface area contributed by atoms with Gasteiger partial charge in [0.15, 0.2) is 5.82 Å². The van der Waals surface area contributed by atoms with Crippen LogP contribution in [0.1, 0.15) is 5.56 Å².